The fraction of sp³-hybridized carbons (Fsp3) is 0.100. The van der Waals surface area contributed by atoms with Gasteiger partial charge in [0.1, 0.15) is 5.69 Å². The van der Waals surface area contributed by atoms with Crippen LogP contribution < -0.4 is 0 Å². The molecule has 1 aromatic carbocycles. The lowest BCUT2D eigenvalue weighted by Gasteiger charge is -1.93. The minimum Gasteiger partial charge on any atom is -0.434 e. The van der Waals surface area contributed by atoms with Gasteiger partial charge in [-0.3, -0.25) is 0 Å². The maximum Gasteiger partial charge on any atom is 0.197 e. The molecule has 0 radical (unpaired) electrons. The number of aromatic nitrogens is 1. The number of benzene rings is 1. The van der Waals surface area contributed by atoms with Crippen LogP contribution in [0.4, 0.5) is 0 Å². The maximum atomic E-state index is 5.27. The van der Waals surface area contributed by atoms with E-state index >= 15 is 0 Å². The third-order valence-corrected chi connectivity index (χ3v) is 2.28. The average molecular weight is 238 g/mol. The molecule has 3 heteroatoms. The van der Waals surface area contributed by atoms with Crippen molar-refractivity contribution >= 4 is 15.9 Å². The molecule has 0 saturated carbocycles. The van der Waals surface area contributed by atoms with Crippen molar-refractivity contribution in [3.05, 3.63) is 40.9 Å². The van der Waals surface area contributed by atoms with E-state index in [1.165, 1.54) is 0 Å². The molecule has 0 atom stereocenters. The second-order valence-electron chi connectivity index (χ2n) is 2.72. The molecular formula is C10H8BrNO. The Morgan fingerprint density at radius 2 is 1.92 bits per heavy atom. The van der Waals surface area contributed by atoms with Gasteiger partial charge in [-0.15, -0.1) is 0 Å². The second-order valence-corrected chi connectivity index (χ2v) is 3.44. The van der Waals surface area contributed by atoms with Crippen LogP contribution in [0.25, 0.3) is 11.3 Å². The highest BCUT2D eigenvalue weighted by atomic mass is 79.9. The Kier molecular flexibility index (Phi) is 2.19. The smallest absolute Gasteiger partial charge is 0.197 e. The highest BCUT2D eigenvalue weighted by Gasteiger charge is 2.08. The molecule has 66 valence electrons. The van der Waals surface area contributed by atoms with E-state index in [1.54, 1.807) is 0 Å². The van der Waals surface area contributed by atoms with E-state index in [0.29, 0.717) is 10.6 Å². The lowest BCUT2D eigenvalue weighted by Crippen LogP contribution is -1.77. The highest BCUT2D eigenvalue weighted by molar-refractivity contribution is 9.10. The van der Waals surface area contributed by atoms with Crippen molar-refractivity contribution < 1.29 is 4.42 Å². The number of rotatable bonds is 1. The monoisotopic (exact) mass is 237 g/mol. The highest BCUT2D eigenvalue weighted by Crippen LogP contribution is 2.27. The molecule has 2 rings (SSSR count). The van der Waals surface area contributed by atoms with Crippen LogP contribution in [0.15, 0.2) is 39.4 Å². The zero-order valence-corrected chi connectivity index (χ0v) is 8.71. The summed E-state index contributed by atoms with van der Waals surface area (Å²) in [5.41, 5.74) is 1.92. The topological polar surface area (TPSA) is 26.0 Å². The number of oxazole rings is 1. The molecule has 13 heavy (non-hydrogen) atoms. The van der Waals surface area contributed by atoms with Crippen LogP contribution in [-0.4, -0.2) is 4.98 Å². The van der Waals surface area contributed by atoms with E-state index in [4.69, 9.17) is 4.42 Å². The lowest BCUT2D eigenvalue weighted by molar-refractivity contribution is 0.500. The molecule has 2 aromatic rings. The molecule has 0 aliphatic heterocycles. The van der Waals surface area contributed by atoms with Crippen LogP contribution in [0.5, 0.6) is 0 Å². The fourth-order valence-electron chi connectivity index (χ4n) is 1.18. The van der Waals surface area contributed by atoms with Crippen molar-refractivity contribution in [2.24, 2.45) is 0 Å². The Bertz CT molecular complexity index is 408. The van der Waals surface area contributed by atoms with Crippen molar-refractivity contribution in [1.82, 2.24) is 4.98 Å². The molecule has 0 saturated heterocycles. The summed E-state index contributed by atoms with van der Waals surface area (Å²) in [5, 5.41) is 0. The van der Waals surface area contributed by atoms with Gasteiger partial charge in [-0.05, 0) is 15.9 Å². The fourth-order valence-corrected chi connectivity index (χ4v) is 1.73. The summed E-state index contributed by atoms with van der Waals surface area (Å²) in [6.07, 6.45) is 0. The van der Waals surface area contributed by atoms with Crippen LogP contribution in [0.3, 0.4) is 0 Å². The molecule has 0 unspecified atom stereocenters. The summed E-state index contributed by atoms with van der Waals surface area (Å²) in [5.74, 6) is 0.672. The summed E-state index contributed by atoms with van der Waals surface area (Å²) in [7, 11) is 0. The lowest BCUT2D eigenvalue weighted by atomic mass is 10.2. The first-order chi connectivity index (χ1) is 6.27. The standard InChI is InChI=1S/C10H8BrNO/c1-7-12-9(10(11)13-7)8-5-3-2-4-6-8/h2-6H,1H3. The van der Waals surface area contributed by atoms with Gasteiger partial charge in [0.05, 0.1) is 0 Å². The van der Waals surface area contributed by atoms with Crippen molar-refractivity contribution in [3.8, 4) is 11.3 Å². The average Bonchev–Trinajstić information content (AvgIpc) is 2.47. The number of hydrogen-bond acceptors (Lipinski definition) is 2. The van der Waals surface area contributed by atoms with Gasteiger partial charge in [0.25, 0.3) is 0 Å². The van der Waals surface area contributed by atoms with Crippen LogP contribution in [0.2, 0.25) is 0 Å². The van der Waals surface area contributed by atoms with Crippen molar-refractivity contribution in [3.63, 3.8) is 0 Å². The van der Waals surface area contributed by atoms with Gasteiger partial charge >= 0.3 is 0 Å². The van der Waals surface area contributed by atoms with Crippen LogP contribution in [-0.2, 0) is 0 Å². The number of nitrogens with zero attached hydrogens (tertiary/aromatic N) is 1. The summed E-state index contributed by atoms with van der Waals surface area (Å²) < 4.78 is 5.97. The van der Waals surface area contributed by atoms with Crippen LogP contribution in [0.1, 0.15) is 5.89 Å². The summed E-state index contributed by atoms with van der Waals surface area (Å²) in [6.45, 7) is 1.83. The van der Waals surface area contributed by atoms with Gasteiger partial charge in [-0.2, -0.15) is 0 Å². The van der Waals surface area contributed by atoms with E-state index in [2.05, 4.69) is 20.9 Å². The molecule has 0 fully saturated rings. The second kappa shape index (κ2) is 3.34. The zero-order valence-electron chi connectivity index (χ0n) is 7.12. The van der Waals surface area contributed by atoms with E-state index in [0.717, 1.165) is 11.3 Å². The van der Waals surface area contributed by atoms with Gasteiger partial charge in [0, 0.05) is 12.5 Å². The Morgan fingerprint density at radius 3 is 2.46 bits per heavy atom. The molecule has 0 spiro atoms. The SMILES string of the molecule is Cc1nc(-c2ccccc2)c(Br)o1. The van der Waals surface area contributed by atoms with E-state index in [1.807, 2.05) is 37.3 Å². The third-order valence-electron chi connectivity index (χ3n) is 1.74. The number of halogens is 1. The predicted octanol–water partition coefficient (Wildman–Crippen LogP) is 3.41. The first kappa shape index (κ1) is 8.51. The Hall–Kier alpha value is -1.09. The Labute approximate surface area is 84.7 Å². The Morgan fingerprint density at radius 1 is 1.23 bits per heavy atom. The molecule has 1 aromatic heterocycles. The molecule has 0 bridgehead atoms. The quantitative estimate of drug-likeness (QED) is 0.760. The number of hydrogen-bond donors (Lipinski definition) is 0. The molecule has 0 aliphatic carbocycles. The molecule has 0 N–H and O–H groups in total. The van der Waals surface area contributed by atoms with Gasteiger partial charge < -0.3 is 4.42 Å². The summed E-state index contributed by atoms with van der Waals surface area (Å²) in [6, 6.07) is 9.94. The van der Waals surface area contributed by atoms with E-state index < -0.39 is 0 Å². The minimum absolute atomic E-state index is 0.672. The molecule has 0 amide bonds. The van der Waals surface area contributed by atoms with Gasteiger partial charge in [-0.1, -0.05) is 30.3 Å². The first-order valence-electron chi connectivity index (χ1n) is 3.96. The third kappa shape index (κ3) is 1.65. The normalized spacial score (nSPS) is 10.3. The van der Waals surface area contributed by atoms with Crippen LogP contribution >= 0.6 is 15.9 Å². The summed E-state index contributed by atoms with van der Waals surface area (Å²) >= 11 is 3.32. The number of aryl methyl sites for hydroxylation is 1. The molecular weight excluding hydrogens is 230 g/mol. The molecule has 1 heterocycles. The summed E-state index contributed by atoms with van der Waals surface area (Å²) in [4.78, 5) is 4.27. The maximum absolute atomic E-state index is 5.27. The Balaban J connectivity index is 2.53. The van der Waals surface area contributed by atoms with Gasteiger partial charge in [-0.25, -0.2) is 4.98 Å². The molecule has 0 aliphatic rings. The minimum atomic E-state index is 0.672. The largest absolute Gasteiger partial charge is 0.434 e. The van der Waals surface area contributed by atoms with Crippen molar-refractivity contribution in [2.45, 2.75) is 6.92 Å². The van der Waals surface area contributed by atoms with E-state index in [-0.39, 0.29) is 0 Å². The van der Waals surface area contributed by atoms with E-state index in [9.17, 15) is 0 Å². The van der Waals surface area contributed by atoms with Gasteiger partial charge in [0.15, 0.2) is 10.6 Å². The van der Waals surface area contributed by atoms with Crippen LogP contribution in [0, 0.1) is 6.92 Å². The van der Waals surface area contributed by atoms with Crippen molar-refractivity contribution in [1.29, 1.82) is 0 Å². The van der Waals surface area contributed by atoms with Crippen molar-refractivity contribution in [2.75, 3.05) is 0 Å². The first-order valence-corrected chi connectivity index (χ1v) is 4.75. The molecule has 2 nitrogen and oxygen atoms in total. The predicted molar refractivity (Wildman–Crippen MR) is 54.4 cm³/mol. The van der Waals surface area contributed by atoms with Gasteiger partial charge in [0.2, 0.25) is 0 Å². The zero-order chi connectivity index (χ0) is 9.26.